The Labute approximate surface area is 103 Å². The summed E-state index contributed by atoms with van der Waals surface area (Å²) in [6.07, 6.45) is -0.701. The first-order chi connectivity index (χ1) is 8.11. The molecule has 2 atom stereocenters. The summed E-state index contributed by atoms with van der Waals surface area (Å²) in [4.78, 5) is 22.7. The summed E-state index contributed by atoms with van der Waals surface area (Å²) in [5.74, 6) is -0.639. The van der Waals surface area contributed by atoms with Gasteiger partial charge in [0.15, 0.2) is 6.04 Å². The fourth-order valence-electron chi connectivity index (χ4n) is 1.43. The van der Waals surface area contributed by atoms with Crippen molar-refractivity contribution in [2.45, 2.75) is 26.0 Å². The molecule has 0 radical (unpaired) electrons. The van der Waals surface area contributed by atoms with Gasteiger partial charge in [0.2, 0.25) is 6.41 Å². The van der Waals surface area contributed by atoms with Crippen LogP contribution in [0.2, 0.25) is 0 Å². The van der Waals surface area contributed by atoms with Crippen LogP contribution in [-0.4, -0.2) is 30.1 Å². The van der Waals surface area contributed by atoms with E-state index in [1.54, 1.807) is 6.92 Å². The molecule has 2 N–H and O–H groups in total. The van der Waals surface area contributed by atoms with Crippen LogP contribution >= 0.6 is 11.3 Å². The summed E-state index contributed by atoms with van der Waals surface area (Å²) in [5.41, 5.74) is 0.879. The maximum Gasteiger partial charge on any atom is 0.331 e. The fourth-order valence-corrected chi connectivity index (χ4v) is 2.38. The minimum atomic E-state index is -1.08. The molecular formula is C11H15NO4S. The first kappa shape index (κ1) is 13.7. The highest BCUT2D eigenvalue weighted by Crippen LogP contribution is 2.26. The van der Waals surface area contributed by atoms with Gasteiger partial charge in [0.1, 0.15) is 6.10 Å². The average molecular weight is 257 g/mol. The fraction of sp³-hybridized carbons (Fsp3) is 0.455. The van der Waals surface area contributed by atoms with Crippen LogP contribution in [0.15, 0.2) is 11.4 Å². The molecule has 1 aromatic rings. The van der Waals surface area contributed by atoms with Gasteiger partial charge in [-0.3, -0.25) is 4.79 Å². The van der Waals surface area contributed by atoms with Gasteiger partial charge in [-0.15, -0.1) is 11.3 Å². The summed E-state index contributed by atoms with van der Waals surface area (Å²) >= 11 is 1.33. The highest BCUT2D eigenvalue weighted by atomic mass is 32.1. The minimum Gasteiger partial charge on any atom is -0.464 e. The number of ether oxygens (including phenoxy) is 1. The lowest BCUT2D eigenvalue weighted by atomic mass is 10.1. The maximum atomic E-state index is 11.6. The van der Waals surface area contributed by atoms with Crippen LogP contribution in [0.5, 0.6) is 0 Å². The first-order valence-electron chi connectivity index (χ1n) is 5.20. The number of hydrogen-bond donors (Lipinski definition) is 2. The van der Waals surface area contributed by atoms with Crippen molar-refractivity contribution in [3.8, 4) is 0 Å². The number of nitrogens with one attached hydrogen (secondary N) is 1. The van der Waals surface area contributed by atoms with Crippen LogP contribution in [-0.2, 0) is 14.3 Å². The van der Waals surface area contributed by atoms with Gasteiger partial charge in [-0.25, -0.2) is 4.79 Å². The molecule has 1 aromatic heterocycles. The molecule has 17 heavy (non-hydrogen) atoms. The van der Waals surface area contributed by atoms with Crippen LogP contribution in [0.3, 0.4) is 0 Å². The van der Waals surface area contributed by atoms with E-state index < -0.39 is 18.1 Å². The van der Waals surface area contributed by atoms with Crippen molar-refractivity contribution in [3.05, 3.63) is 21.9 Å². The Hall–Kier alpha value is -1.40. The summed E-state index contributed by atoms with van der Waals surface area (Å²) in [6, 6.07) is 0.775. The highest BCUT2D eigenvalue weighted by Gasteiger charge is 2.30. The van der Waals surface area contributed by atoms with Crippen molar-refractivity contribution in [2.75, 3.05) is 6.61 Å². The Morgan fingerprint density at radius 2 is 2.41 bits per heavy atom. The molecule has 0 fully saturated rings. The number of thiophene rings is 1. The molecule has 0 aliphatic rings. The second kappa shape index (κ2) is 6.36. The first-order valence-corrected chi connectivity index (χ1v) is 6.08. The van der Waals surface area contributed by atoms with E-state index in [-0.39, 0.29) is 6.61 Å². The van der Waals surface area contributed by atoms with Crippen molar-refractivity contribution in [2.24, 2.45) is 0 Å². The van der Waals surface area contributed by atoms with Crippen molar-refractivity contribution < 1.29 is 19.4 Å². The SMILES string of the molecule is CCOC(=O)C(NC=O)C(O)c1sccc1C. The standard InChI is InChI=1S/C11H15NO4S/c1-3-16-11(15)8(12-6-13)9(14)10-7(2)4-5-17-10/h4-6,8-9,14H,3H2,1-2H3,(H,12,13). The predicted octanol–water partition coefficient (Wildman–Crippen LogP) is 0.768. The van der Waals surface area contributed by atoms with Crippen LogP contribution in [0, 0.1) is 6.92 Å². The van der Waals surface area contributed by atoms with E-state index in [0.29, 0.717) is 11.3 Å². The van der Waals surface area contributed by atoms with E-state index in [1.165, 1.54) is 11.3 Å². The number of carbonyl (C=O) groups is 2. The maximum absolute atomic E-state index is 11.6. The molecule has 0 spiro atoms. The molecule has 1 amide bonds. The number of esters is 1. The molecule has 0 bridgehead atoms. The zero-order valence-corrected chi connectivity index (χ0v) is 10.5. The molecule has 94 valence electrons. The van der Waals surface area contributed by atoms with E-state index in [0.717, 1.165) is 5.56 Å². The van der Waals surface area contributed by atoms with Gasteiger partial charge < -0.3 is 15.2 Å². The topological polar surface area (TPSA) is 75.6 Å². The van der Waals surface area contributed by atoms with Crippen LogP contribution < -0.4 is 5.32 Å². The lowest BCUT2D eigenvalue weighted by molar-refractivity contribution is -0.149. The number of aliphatic hydroxyl groups excluding tert-OH is 1. The van der Waals surface area contributed by atoms with Gasteiger partial charge in [0.05, 0.1) is 6.61 Å². The third kappa shape index (κ3) is 3.28. The normalized spacial score (nSPS) is 13.8. The number of carbonyl (C=O) groups excluding carboxylic acids is 2. The molecule has 1 rings (SSSR count). The third-order valence-electron chi connectivity index (χ3n) is 2.27. The van der Waals surface area contributed by atoms with E-state index in [4.69, 9.17) is 4.74 Å². The molecule has 5 nitrogen and oxygen atoms in total. The largest absolute Gasteiger partial charge is 0.464 e. The summed E-state index contributed by atoms with van der Waals surface area (Å²) < 4.78 is 4.80. The Balaban J connectivity index is 2.87. The van der Waals surface area contributed by atoms with Crippen molar-refractivity contribution in [1.29, 1.82) is 0 Å². The Morgan fingerprint density at radius 1 is 1.71 bits per heavy atom. The summed E-state index contributed by atoms with van der Waals surface area (Å²) in [5, 5.41) is 14.2. The minimum absolute atomic E-state index is 0.200. The van der Waals surface area contributed by atoms with Gasteiger partial charge in [0, 0.05) is 4.88 Å². The van der Waals surface area contributed by atoms with Crippen LogP contribution in [0.25, 0.3) is 0 Å². The van der Waals surface area contributed by atoms with E-state index >= 15 is 0 Å². The van der Waals surface area contributed by atoms with E-state index in [9.17, 15) is 14.7 Å². The van der Waals surface area contributed by atoms with Gasteiger partial charge >= 0.3 is 5.97 Å². The van der Waals surface area contributed by atoms with Crippen molar-refractivity contribution in [1.82, 2.24) is 5.32 Å². The average Bonchev–Trinajstić information content (AvgIpc) is 2.71. The molecule has 0 saturated carbocycles. The number of rotatable bonds is 6. The van der Waals surface area contributed by atoms with Crippen molar-refractivity contribution in [3.63, 3.8) is 0 Å². The Bertz CT molecular complexity index is 391. The quantitative estimate of drug-likeness (QED) is 0.583. The van der Waals surface area contributed by atoms with E-state index in [2.05, 4.69) is 5.32 Å². The number of hydrogen-bond acceptors (Lipinski definition) is 5. The number of amides is 1. The second-order valence-electron chi connectivity index (χ2n) is 3.43. The summed E-state index contributed by atoms with van der Waals surface area (Å²) in [6.45, 7) is 3.70. The smallest absolute Gasteiger partial charge is 0.331 e. The highest BCUT2D eigenvalue weighted by molar-refractivity contribution is 7.10. The monoisotopic (exact) mass is 257 g/mol. The molecule has 2 unspecified atom stereocenters. The predicted molar refractivity (Wildman–Crippen MR) is 63.6 cm³/mol. The Morgan fingerprint density at radius 3 is 2.88 bits per heavy atom. The van der Waals surface area contributed by atoms with Gasteiger partial charge in [-0.2, -0.15) is 0 Å². The summed E-state index contributed by atoms with van der Waals surface area (Å²) in [7, 11) is 0. The van der Waals surface area contributed by atoms with Crippen molar-refractivity contribution >= 4 is 23.7 Å². The zero-order chi connectivity index (χ0) is 12.8. The lowest BCUT2D eigenvalue weighted by Crippen LogP contribution is -2.42. The van der Waals surface area contributed by atoms with Crippen LogP contribution in [0.1, 0.15) is 23.5 Å². The molecule has 0 aliphatic carbocycles. The van der Waals surface area contributed by atoms with Crippen LogP contribution in [0.4, 0.5) is 0 Å². The number of aliphatic hydroxyl groups is 1. The second-order valence-corrected chi connectivity index (χ2v) is 4.37. The molecule has 0 aromatic carbocycles. The molecular weight excluding hydrogens is 242 g/mol. The van der Waals surface area contributed by atoms with Gasteiger partial charge in [-0.1, -0.05) is 0 Å². The number of aryl methyl sites for hydroxylation is 1. The lowest BCUT2D eigenvalue weighted by Gasteiger charge is -2.20. The van der Waals surface area contributed by atoms with Gasteiger partial charge in [0.25, 0.3) is 0 Å². The van der Waals surface area contributed by atoms with Gasteiger partial charge in [-0.05, 0) is 30.9 Å². The third-order valence-corrected chi connectivity index (χ3v) is 3.36. The molecule has 0 saturated heterocycles. The Kier molecular flexibility index (Phi) is 5.11. The van der Waals surface area contributed by atoms with E-state index in [1.807, 2.05) is 18.4 Å². The molecule has 0 aliphatic heterocycles. The molecule has 6 heteroatoms. The molecule has 1 heterocycles. The zero-order valence-electron chi connectivity index (χ0n) is 9.67.